The average molecular weight is 628 g/mol. The number of rotatable bonds is 11. The second-order valence-corrected chi connectivity index (χ2v) is 13.7. The van der Waals surface area contributed by atoms with Crippen molar-refractivity contribution in [1.82, 2.24) is 15.1 Å². The highest BCUT2D eigenvalue weighted by atomic mass is 32.2. The number of thioether (sulfide) groups is 1. The first-order valence-corrected chi connectivity index (χ1v) is 16.9. The van der Waals surface area contributed by atoms with Crippen LogP contribution in [0.25, 0.3) is 0 Å². The van der Waals surface area contributed by atoms with Gasteiger partial charge in [-0.1, -0.05) is 42.5 Å². The number of nitrogens with zero attached hydrogens (tertiary/aromatic N) is 2. The first kappa shape index (κ1) is 34.4. The number of aliphatic hydroxyl groups excluding tert-OH is 3. The fourth-order valence-corrected chi connectivity index (χ4v) is 6.58. The Balaban J connectivity index is 1.25. The maximum absolute atomic E-state index is 12.9. The van der Waals surface area contributed by atoms with Crippen molar-refractivity contribution in [1.29, 1.82) is 0 Å². The van der Waals surface area contributed by atoms with Gasteiger partial charge in [0.25, 0.3) is 0 Å². The number of aliphatic hydroxyl groups is 3. The summed E-state index contributed by atoms with van der Waals surface area (Å²) in [5.41, 5.74) is 3.83. The molecule has 0 aliphatic carbocycles. The Morgan fingerprint density at radius 3 is 2.27 bits per heavy atom. The normalized spacial score (nSPS) is 24.7. The lowest BCUT2D eigenvalue weighted by Crippen LogP contribution is -2.59. The van der Waals surface area contributed by atoms with Gasteiger partial charge in [-0.15, -0.1) is 11.8 Å². The third-order valence-corrected chi connectivity index (χ3v) is 9.67. The Hall–Kier alpha value is -2.47. The molecule has 4 rings (SSSR count). The summed E-state index contributed by atoms with van der Waals surface area (Å²) in [6, 6.07) is 14.4. The zero-order valence-corrected chi connectivity index (χ0v) is 27.5. The molecule has 2 saturated heterocycles. The summed E-state index contributed by atoms with van der Waals surface area (Å²) in [5, 5.41) is 34.1. The van der Waals surface area contributed by atoms with Crippen LogP contribution in [0.4, 0.5) is 0 Å². The molecule has 0 spiro atoms. The van der Waals surface area contributed by atoms with E-state index in [1.165, 1.54) is 17.3 Å². The zero-order valence-electron chi connectivity index (χ0n) is 26.7. The van der Waals surface area contributed by atoms with E-state index >= 15 is 0 Å². The van der Waals surface area contributed by atoms with Crippen LogP contribution in [-0.4, -0.2) is 106 Å². The number of nitrogens with one attached hydrogen (secondary N) is 1. The van der Waals surface area contributed by atoms with E-state index in [-0.39, 0.29) is 11.8 Å². The Morgan fingerprint density at radius 1 is 0.955 bits per heavy atom. The third kappa shape index (κ3) is 8.62. The van der Waals surface area contributed by atoms with Crippen LogP contribution in [0.1, 0.15) is 67.0 Å². The Labute approximate surface area is 266 Å². The number of piperazine rings is 1. The molecule has 2 heterocycles. The van der Waals surface area contributed by atoms with Gasteiger partial charge in [0.2, 0.25) is 11.8 Å². The molecular formula is C34H49N3O6S. The SMILES string of the molecule is CS[C@H]1O[C@@H](c2ccc(C)c(Cc3ccc(CCCCC(=O)NC(C)(C)C(=O)N4CCN(C)CC4)cc3)c2)[C@H](O)[C@@H](O)[C@@H]1O. The van der Waals surface area contributed by atoms with Gasteiger partial charge in [0.05, 0.1) is 0 Å². The molecule has 10 heteroatoms. The number of likely N-dealkylation sites (N-methyl/N-ethyl adjacent to an activating group) is 1. The van der Waals surface area contributed by atoms with Crippen molar-refractivity contribution < 1.29 is 29.6 Å². The van der Waals surface area contributed by atoms with Gasteiger partial charge < -0.3 is 35.2 Å². The lowest BCUT2D eigenvalue weighted by atomic mass is 9.91. The summed E-state index contributed by atoms with van der Waals surface area (Å²) >= 11 is 1.31. The Bertz CT molecular complexity index is 1260. The lowest BCUT2D eigenvalue weighted by molar-refractivity contribution is -0.200. The van der Waals surface area contributed by atoms with Crippen LogP contribution >= 0.6 is 11.8 Å². The molecule has 2 amide bonds. The summed E-state index contributed by atoms with van der Waals surface area (Å²) in [7, 11) is 2.05. The molecule has 242 valence electrons. The number of aryl methyl sites for hydroxylation is 2. The number of carbonyl (C=O) groups excluding carboxylic acids is 2. The maximum atomic E-state index is 12.9. The van der Waals surface area contributed by atoms with E-state index < -0.39 is 35.4 Å². The van der Waals surface area contributed by atoms with Crippen LogP contribution in [0.15, 0.2) is 42.5 Å². The Morgan fingerprint density at radius 2 is 1.61 bits per heavy atom. The summed E-state index contributed by atoms with van der Waals surface area (Å²) in [6.07, 6.45) is 1.03. The van der Waals surface area contributed by atoms with Crippen LogP contribution in [-0.2, 0) is 27.2 Å². The van der Waals surface area contributed by atoms with Gasteiger partial charge in [0.15, 0.2) is 0 Å². The number of hydrogen-bond acceptors (Lipinski definition) is 8. The molecule has 2 fully saturated rings. The standard InChI is InChI=1S/C34H49N3O6S/c1-22-10-15-25(31-29(40)28(39)30(41)32(43-31)44-5)21-26(22)20-24-13-11-23(12-14-24)8-6-7-9-27(38)35-34(2,3)33(42)37-18-16-36(4)17-19-37/h10-15,21,28-32,39-41H,6-9,16-20H2,1-5H3,(H,35,38)/t28-,29-,30+,31+,32-/m1/s1. The number of ether oxygens (including phenoxy) is 1. The van der Waals surface area contributed by atoms with Gasteiger partial charge in [-0.2, -0.15) is 0 Å². The smallest absolute Gasteiger partial charge is 0.247 e. The van der Waals surface area contributed by atoms with Gasteiger partial charge in [-0.25, -0.2) is 0 Å². The zero-order chi connectivity index (χ0) is 32.0. The largest absolute Gasteiger partial charge is 0.387 e. The van der Waals surface area contributed by atoms with Crippen LogP contribution in [0.3, 0.4) is 0 Å². The molecular weight excluding hydrogens is 578 g/mol. The van der Waals surface area contributed by atoms with Crippen molar-refractivity contribution in [2.45, 2.75) is 88.3 Å². The fourth-order valence-electron chi connectivity index (χ4n) is 5.90. The van der Waals surface area contributed by atoms with Crippen LogP contribution in [0.5, 0.6) is 0 Å². The first-order chi connectivity index (χ1) is 20.9. The molecule has 5 atom stereocenters. The van der Waals surface area contributed by atoms with Gasteiger partial charge in [-0.05, 0) is 87.6 Å². The second-order valence-electron chi connectivity index (χ2n) is 12.8. The molecule has 0 aromatic heterocycles. The fraction of sp³-hybridized carbons (Fsp3) is 0.588. The molecule has 0 bridgehead atoms. The van der Waals surface area contributed by atoms with Crippen molar-refractivity contribution in [3.05, 3.63) is 70.3 Å². The highest BCUT2D eigenvalue weighted by molar-refractivity contribution is 7.99. The van der Waals surface area contributed by atoms with E-state index in [0.717, 1.165) is 54.6 Å². The quantitative estimate of drug-likeness (QED) is 0.281. The van der Waals surface area contributed by atoms with Crippen molar-refractivity contribution in [2.75, 3.05) is 39.5 Å². The van der Waals surface area contributed by atoms with Crippen molar-refractivity contribution in [2.24, 2.45) is 0 Å². The number of benzene rings is 2. The number of hydrogen-bond donors (Lipinski definition) is 4. The van der Waals surface area contributed by atoms with Gasteiger partial charge in [0, 0.05) is 32.6 Å². The monoisotopic (exact) mass is 627 g/mol. The van der Waals surface area contributed by atoms with E-state index in [1.807, 2.05) is 30.1 Å². The molecule has 0 unspecified atom stereocenters. The molecule has 2 aliphatic heterocycles. The molecule has 0 saturated carbocycles. The molecule has 0 radical (unpaired) electrons. The second kappa shape index (κ2) is 15.2. The lowest BCUT2D eigenvalue weighted by Gasteiger charge is -2.40. The van der Waals surface area contributed by atoms with E-state index in [0.29, 0.717) is 25.9 Å². The van der Waals surface area contributed by atoms with E-state index in [4.69, 9.17) is 4.74 Å². The average Bonchev–Trinajstić information content (AvgIpc) is 3.00. The highest BCUT2D eigenvalue weighted by Gasteiger charge is 2.44. The first-order valence-electron chi connectivity index (χ1n) is 15.6. The summed E-state index contributed by atoms with van der Waals surface area (Å²) in [6.45, 7) is 8.70. The van der Waals surface area contributed by atoms with Crippen LogP contribution in [0.2, 0.25) is 0 Å². The van der Waals surface area contributed by atoms with Crippen molar-refractivity contribution in [3.63, 3.8) is 0 Å². The maximum Gasteiger partial charge on any atom is 0.247 e. The molecule has 4 N–H and O–H groups in total. The predicted octanol–water partition coefficient (Wildman–Crippen LogP) is 2.81. The molecule has 2 aliphatic rings. The van der Waals surface area contributed by atoms with Crippen LogP contribution in [0, 0.1) is 6.92 Å². The minimum atomic E-state index is -1.28. The number of amides is 2. The topological polar surface area (TPSA) is 123 Å². The third-order valence-electron chi connectivity index (χ3n) is 8.82. The molecule has 9 nitrogen and oxygen atoms in total. The minimum Gasteiger partial charge on any atom is -0.387 e. The summed E-state index contributed by atoms with van der Waals surface area (Å²) in [4.78, 5) is 29.6. The minimum absolute atomic E-state index is 0.0243. The van der Waals surface area contributed by atoms with E-state index in [1.54, 1.807) is 20.1 Å². The van der Waals surface area contributed by atoms with Crippen LogP contribution < -0.4 is 5.32 Å². The van der Waals surface area contributed by atoms with E-state index in [9.17, 15) is 24.9 Å². The summed E-state index contributed by atoms with van der Waals surface area (Å²) < 4.78 is 5.96. The predicted molar refractivity (Wildman–Crippen MR) is 173 cm³/mol. The van der Waals surface area contributed by atoms with Crippen molar-refractivity contribution in [3.8, 4) is 0 Å². The van der Waals surface area contributed by atoms with Crippen molar-refractivity contribution >= 4 is 23.6 Å². The molecule has 44 heavy (non-hydrogen) atoms. The highest BCUT2D eigenvalue weighted by Crippen LogP contribution is 2.36. The Kier molecular flexibility index (Phi) is 11.9. The summed E-state index contributed by atoms with van der Waals surface area (Å²) in [5.74, 6) is -0.116. The number of unbranched alkanes of at least 4 members (excludes halogenated alkanes) is 1. The van der Waals surface area contributed by atoms with Gasteiger partial charge >= 0.3 is 0 Å². The van der Waals surface area contributed by atoms with E-state index in [2.05, 4.69) is 41.4 Å². The molecule has 2 aromatic carbocycles. The van der Waals surface area contributed by atoms with Gasteiger partial charge in [0.1, 0.15) is 35.4 Å². The number of carbonyl (C=O) groups is 2. The van der Waals surface area contributed by atoms with Gasteiger partial charge in [-0.3, -0.25) is 9.59 Å². The molecule has 2 aromatic rings.